The van der Waals surface area contributed by atoms with Crippen molar-refractivity contribution in [3.05, 3.63) is 70.3 Å². The van der Waals surface area contributed by atoms with Crippen molar-refractivity contribution in [2.75, 3.05) is 38.3 Å². The van der Waals surface area contributed by atoms with Crippen molar-refractivity contribution in [2.24, 2.45) is 17.8 Å². The molecule has 1 saturated heterocycles. The molecule has 2 fully saturated rings. The minimum absolute atomic E-state index is 0.0534. The van der Waals surface area contributed by atoms with Crippen LogP contribution in [0.3, 0.4) is 0 Å². The zero-order valence-corrected chi connectivity index (χ0v) is 29.0. The summed E-state index contributed by atoms with van der Waals surface area (Å²) < 4.78 is 48.9. The summed E-state index contributed by atoms with van der Waals surface area (Å²) in [5.74, 6) is 0.628. The maximum Gasteiger partial charge on any atom is 0.264 e. The molecule has 2 aromatic carbocycles. The van der Waals surface area contributed by atoms with Crippen molar-refractivity contribution in [3.63, 3.8) is 0 Å². The topological polar surface area (TPSA) is 94.2 Å². The molecule has 47 heavy (non-hydrogen) atoms. The van der Waals surface area contributed by atoms with E-state index in [4.69, 9.17) is 25.8 Å². The van der Waals surface area contributed by atoms with Crippen LogP contribution in [0.4, 0.5) is 5.69 Å². The van der Waals surface area contributed by atoms with Crippen molar-refractivity contribution in [2.45, 2.75) is 87.6 Å². The fourth-order valence-corrected chi connectivity index (χ4v) is 10.7. The van der Waals surface area contributed by atoms with Crippen LogP contribution in [0, 0.1) is 17.8 Å². The third kappa shape index (κ3) is 6.57. The van der Waals surface area contributed by atoms with Crippen LogP contribution in [0.5, 0.6) is 5.75 Å². The van der Waals surface area contributed by atoms with Crippen molar-refractivity contribution in [1.82, 2.24) is 4.72 Å². The lowest BCUT2D eigenvalue weighted by Gasteiger charge is -2.46. The second-order valence-corrected chi connectivity index (χ2v) is 16.9. The number of methoxy groups -OCH3 is 1. The van der Waals surface area contributed by atoms with Gasteiger partial charge in [0.05, 0.1) is 29.8 Å². The second-order valence-electron chi connectivity index (χ2n) is 14.5. The Morgan fingerprint density at radius 1 is 1.13 bits per heavy atom. The number of nitrogens with one attached hydrogen (secondary N) is 1. The molecule has 1 spiro atoms. The highest BCUT2D eigenvalue weighted by atomic mass is 35.5. The number of benzene rings is 2. The third-order valence-corrected chi connectivity index (χ3v) is 13.7. The molecule has 0 unspecified atom stereocenters. The minimum atomic E-state index is -4.01. The molecule has 2 bridgehead atoms. The van der Waals surface area contributed by atoms with Crippen molar-refractivity contribution in [1.29, 1.82) is 0 Å². The lowest BCUT2D eigenvalue weighted by Crippen LogP contribution is -2.49. The number of ether oxygens (including phenoxy) is 3. The van der Waals surface area contributed by atoms with Gasteiger partial charge in [0, 0.05) is 42.8 Å². The molecule has 7 rings (SSSR count). The van der Waals surface area contributed by atoms with Crippen LogP contribution in [-0.4, -0.2) is 65.2 Å². The number of sulfonamides is 1. The predicted molar refractivity (Wildman–Crippen MR) is 184 cm³/mol. The first-order valence-corrected chi connectivity index (χ1v) is 19.3. The summed E-state index contributed by atoms with van der Waals surface area (Å²) in [6.07, 6.45) is 11.9. The van der Waals surface area contributed by atoms with E-state index in [1.165, 1.54) is 11.1 Å². The Hall–Kier alpha value is -2.59. The normalized spacial score (nSPS) is 34.3. The van der Waals surface area contributed by atoms with E-state index in [1.807, 2.05) is 25.1 Å². The van der Waals surface area contributed by atoms with Gasteiger partial charge in [-0.1, -0.05) is 36.7 Å². The predicted octanol–water partition coefficient (Wildman–Crippen LogP) is 6.45. The molecule has 0 aromatic heterocycles. The van der Waals surface area contributed by atoms with Gasteiger partial charge in [-0.05, 0) is 117 Å². The van der Waals surface area contributed by atoms with E-state index in [0.717, 1.165) is 68.7 Å². The molecule has 8 nitrogen and oxygen atoms in total. The van der Waals surface area contributed by atoms with Crippen LogP contribution >= 0.6 is 11.6 Å². The Morgan fingerprint density at radius 2 is 2.00 bits per heavy atom. The number of nitrogens with zero attached hydrogens (tertiary/aromatic N) is 1. The van der Waals surface area contributed by atoms with Crippen LogP contribution in [-0.2, 0) is 31.3 Å². The minimum Gasteiger partial charge on any atom is -0.490 e. The van der Waals surface area contributed by atoms with Gasteiger partial charge in [-0.25, -0.2) is 13.1 Å². The number of hydrogen-bond donors (Lipinski definition) is 1. The number of carbonyl (C=O) groups is 1. The third-order valence-electron chi connectivity index (χ3n) is 11.5. The lowest BCUT2D eigenvalue weighted by atomic mass is 9.68. The van der Waals surface area contributed by atoms with E-state index < -0.39 is 21.2 Å². The monoisotopic (exact) mass is 682 g/mol. The molecule has 5 aliphatic rings. The Kier molecular flexibility index (Phi) is 9.37. The Bertz CT molecular complexity index is 1620. The molecule has 254 valence electrons. The average Bonchev–Trinajstić information content (AvgIpc) is 3.51. The molecule has 1 amide bonds. The van der Waals surface area contributed by atoms with Gasteiger partial charge >= 0.3 is 0 Å². The summed E-state index contributed by atoms with van der Waals surface area (Å²) >= 11 is 6.44. The molecule has 3 heterocycles. The van der Waals surface area contributed by atoms with Crippen LogP contribution in [0.15, 0.2) is 48.6 Å². The number of fused-ring (bicyclic) bond motifs is 4. The number of rotatable bonds is 3. The smallest absolute Gasteiger partial charge is 0.264 e. The van der Waals surface area contributed by atoms with Crippen LogP contribution < -0.4 is 14.4 Å². The maximum atomic E-state index is 13.9. The lowest BCUT2D eigenvalue weighted by molar-refractivity contribution is 0.0131. The van der Waals surface area contributed by atoms with Crippen molar-refractivity contribution >= 4 is 33.2 Å². The molecule has 2 aliphatic carbocycles. The number of aryl methyl sites for hydroxylation is 1. The van der Waals surface area contributed by atoms with Gasteiger partial charge < -0.3 is 19.1 Å². The van der Waals surface area contributed by atoms with E-state index in [1.54, 1.807) is 13.2 Å². The molecule has 10 heteroatoms. The Morgan fingerprint density at radius 3 is 2.77 bits per heavy atom. The van der Waals surface area contributed by atoms with E-state index in [9.17, 15) is 13.2 Å². The Labute approximate surface area is 284 Å². The molecule has 1 N–H and O–H groups in total. The number of anilines is 1. The van der Waals surface area contributed by atoms with Crippen molar-refractivity contribution < 1.29 is 27.4 Å². The van der Waals surface area contributed by atoms with E-state index in [-0.39, 0.29) is 23.5 Å². The number of hydrogen-bond acceptors (Lipinski definition) is 7. The van der Waals surface area contributed by atoms with Gasteiger partial charge in [0.2, 0.25) is 10.0 Å². The number of carbonyl (C=O) groups excluding carboxylic acids is 1. The largest absolute Gasteiger partial charge is 0.490 e. The van der Waals surface area contributed by atoms with Gasteiger partial charge in [0.25, 0.3) is 5.91 Å². The van der Waals surface area contributed by atoms with Crippen LogP contribution in [0.2, 0.25) is 5.02 Å². The number of amides is 1. The Balaban J connectivity index is 1.28. The molecular weight excluding hydrogens is 636 g/mol. The highest BCUT2D eigenvalue weighted by Crippen LogP contribution is 2.47. The average molecular weight is 683 g/mol. The first-order chi connectivity index (χ1) is 22.7. The quantitative estimate of drug-likeness (QED) is 0.372. The second kappa shape index (κ2) is 13.4. The highest BCUT2D eigenvalue weighted by molar-refractivity contribution is 7.90. The first kappa shape index (κ1) is 32.9. The zero-order chi connectivity index (χ0) is 32.8. The summed E-state index contributed by atoms with van der Waals surface area (Å²) in [6, 6.07) is 11.6. The van der Waals surface area contributed by atoms with Crippen LogP contribution in [0.25, 0.3) is 0 Å². The maximum absolute atomic E-state index is 13.9. The van der Waals surface area contributed by atoms with Gasteiger partial charge in [0.15, 0.2) is 0 Å². The fourth-order valence-electron chi connectivity index (χ4n) is 8.79. The molecular formula is C37H47ClN2O6S. The van der Waals surface area contributed by atoms with Crippen molar-refractivity contribution in [3.8, 4) is 5.75 Å². The van der Waals surface area contributed by atoms with Crippen LogP contribution in [0.1, 0.15) is 79.8 Å². The molecule has 7 atom stereocenters. The molecule has 3 aliphatic heterocycles. The number of halogens is 1. The standard InChI is InChI=1S/C37H47ClN2O6S/c1-24-6-3-9-33(44-2)30-13-10-27(30)21-40-22-37(16-4-7-25-18-28(38)12-14-31(25)37)23-46-34-15-11-26(19-32(34)40)36(41)39-47(42,43)35(24)20-29-8-5-17-45-29/h3,9,11-12,14-15,18-19,24,27,29-30,33,35H,4-8,10,13,16-17,20-23H2,1-2H3,(H,39,41)/b9-3-/t24-,27-,29+,30+,33-,35+,37-/m0/s1. The zero-order valence-electron chi connectivity index (χ0n) is 27.5. The summed E-state index contributed by atoms with van der Waals surface area (Å²) in [5.41, 5.74) is 3.46. The van der Waals surface area contributed by atoms with E-state index in [2.05, 4.69) is 33.9 Å². The molecule has 0 radical (unpaired) electrons. The van der Waals surface area contributed by atoms with E-state index >= 15 is 0 Å². The summed E-state index contributed by atoms with van der Waals surface area (Å²) in [5, 5.41) is -0.0254. The summed E-state index contributed by atoms with van der Waals surface area (Å²) in [6.45, 7) is 4.64. The molecule has 1 saturated carbocycles. The summed E-state index contributed by atoms with van der Waals surface area (Å²) in [4.78, 5) is 16.2. The van der Waals surface area contributed by atoms with Gasteiger partial charge in [-0.3, -0.25) is 4.79 Å². The first-order valence-electron chi connectivity index (χ1n) is 17.3. The van der Waals surface area contributed by atoms with E-state index in [0.29, 0.717) is 49.2 Å². The van der Waals surface area contributed by atoms with Gasteiger partial charge in [-0.2, -0.15) is 0 Å². The SMILES string of the molecule is CO[C@H]1/C=C\C[C@H](C)[C@@H](C[C@H]2CCCO2)S(=O)(=O)NC(=O)c2ccc3c(c2)N(C[C@@H]2CC[C@H]21)C[C@@]1(CCCc2cc(Cl)ccc21)CO3. The van der Waals surface area contributed by atoms with Gasteiger partial charge in [0.1, 0.15) is 5.75 Å². The summed E-state index contributed by atoms with van der Waals surface area (Å²) in [7, 11) is -2.24. The number of allylic oxidation sites excluding steroid dienone is 1. The molecule has 2 aromatic rings. The highest BCUT2D eigenvalue weighted by Gasteiger charge is 2.45. The van der Waals surface area contributed by atoms with Gasteiger partial charge in [-0.15, -0.1) is 0 Å². The fraction of sp³-hybridized carbons (Fsp3) is 0.595.